The van der Waals surface area contributed by atoms with Crippen LogP contribution in [0.2, 0.25) is 0 Å². The molecule has 104 valence electrons. The van der Waals surface area contributed by atoms with E-state index in [0.717, 1.165) is 10.9 Å². The number of ketones is 1. The molecule has 1 saturated heterocycles. The maximum Gasteiger partial charge on any atom is 0.234 e. The number of Topliss-reactive ketones (excluding diaryl/α,β-unsaturated/α-hetero) is 1. The van der Waals surface area contributed by atoms with Gasteiger partial charge in [-0.15, -0.1) is 0 Å². The number of para-hydroxylation sites is 1. The minimum atomic E-state index is -0.291. The number of hydrogen-bond acceptors (Lipinski definition) is 3. The van der Waals surface area contributed by atoms with Crippen LogP contribution in [0.4, 0.5) is 0 Å². The Bertz CT molecular complexity index is 662. The summed E-state index contributed by atoms with van der Waals surface area (Å²) in [6.07, 6.45) is 1.76. The average molecular weight is 271 g/mol. The number of H-pyrrole nitrogens is 1. The second-order valence-corrected chi connectivity index (χ2v) is 5.11. The molecule has 2 heterocycles. The first-order chi connectivity index (χ1) is 9.66. The van der Waals surface area contributed by atoms with Gasteiger partial charge in [-0.25, -0.2) is 0 Å². The lowest BCUT2D eigenvalue weighted by Crippen LogP contribution is -2.52. The first-order valence-electron chi connectivity index (χ1n) is 6.78. The smallest absolute Gasteiger partial charge is 0.234 e. The van der Waals surface area contributed by atoms with Gasteiger partial charge in [0, 0.05) is 35.8 Å². The average Bonchev–Trinajstić information content (AvgIpc) is 2.89. The zero-order valence-electron chi connectivity index (χ0n) is 11.3. The molecule has 2 aromatic rings. The van der Waals surface area contributed by atoms with Crippen LogP contribution in [0.25, 0.3) is 10.9 Å². The lowest BCUT2D eigenvalue weighted by Gasteiger charge is -2.30. The highest BCUT2D eigenvalue weighted by molar-refractivity contribution is 6.10. The fourth-order valence-electron chi connectivity index (χ4n) is 2.66. The van der Waals surface area contributed by atoms with Gasteiger partial charge in [-0.1, -0.05) is 18.2 Å². The van der Waals surface area contributed by atoms with Gasteiger partial charge in [0.2, 0.25) is 5.91 Å². The highest BCUT2D eigenvalue weighted by Crippen LogP contribution is 2.20. The summed E-state index contributed by atoms with van der Waals surface area (Å²) in [4.78, 5) is 29.1. The monoisotopic (exact) mass is 271 g/mol. The molecule has 1 aliphatic heterocycles. The van der Waals surface area contributed by atoms with Gasteiger partial charge in [0.1, 0.15) is 0 Å². The first kappa shape index (κ1) is 12.9. The summed E-state index contributed by atoms with van der Waals surface area (Å²) in [7, 11) is 0. The SMILES string of the molecule is C[C@@H](C(=O)c1c[nH]c2ccccc12)N1CCNC(=O)C1. The van der Waals surface area contributed by atoms with Crippen LogP contribution >= 0.6 is 0 Å². The molecule has 5 nitrogen and oxygen atoms in total. The Balaban J connectivity index is 1.86. The summed E-state index contributed by atoms with van der Waals surface area (Å²) in [6, 6.07) is 7.46. The van der Waals surface area contributed by atoms with E-state index in [-0.39, 0.29) is 24.3 Å². The summed E-state index contributed by atoms with van der Waals surface area (Å²) in [5.74, 6) is 0.0342. The Hall–Kier alpha value is -2.14. The summed E-state index contributed by atoms with van der Waals surface area (Å²) >= 11 is 0. The quantitative estimate of drug-likeness (QED) is 0.824. The van der Waals surface area contributed by atoms with Crippen LogP contribution in [0, 0.1) is 0 Å². The third kappa shape index (κ3) is 2.20. The van der Waals surface area contributed by atoms with Gasteiger partial charge in [0.15, 0.2) is 5.78 Å². The van der Waals surface area contributed by atoms with Crippen molar-refractivity contribution in [2.24, 2.45) is 0 Å². The largest absolute Gasteiger partial charge is 0.360 e. The second kappa shape index (κ2) is 5.09. The topological polar surface area (TPSA) is 65.2 Å². The molecule has 1 amide bonds. The molecule has 0 radical (unpaired) electrons. The minimum absolute atomic E-state index is 0.0187. The molecule has 1 aromatic heterocycles. The number of benzene rings is 1. The van der Waals surface area contributed by atoms with Crippen molar-refractivity contribution in [3.8, 4) is 0 Å². The number of aromatic amines is 1. The van der Waals surface area contributed by atoms with Crippen molar-refractivity contribution in [3.63, 3.8) is 0 Å². The third-order valence-electron chi connectivity index (χ3n) is 3.85. The summed E-state index contributed by atoms with van der Waals surface area (Å²) < 4.78 is 0. The van der Waals surface area contributed by atoms with Gasteiger partial charge >= 0.3 is 0 Å². The number of carbonyl (C=O) groups excluding carboxylic acids is 2. The molecule has 5 heteroatoms. The molecule has 0 aliphatic carbocycles. The number of aromatic nitrogens is 1. The highest BCUT2D eigenvalue weighted by Gasteiger charge is 2.27. The fraction of sp³-hybridized carbons (Fsp3) is 0.333. The zero-order chi connectivity index (χ0) is 14.1. The van der Waals surface area contributed by atoms with Crippen LogP contribution in [0.15, 0.2) is 30.5 Å². The summed E-state index contributed by atoms with van der Waals surface area (Å²) in [6.45, 7) is 3.46. The Kier molecular flexibility index (Phi) is 3.28. The van der Waals surface area contributed by atoms with Crippen molar-refractivity contribution in [3.05, 3.63) is 36.0 Å². The molecule has 20 heavy (non-hydrogen) atoms. The molecule has 2 N–H and O–H groups in total. The van der Waals surface area contributed by atoms with Gasteiger partial charge in [-0.05, 0) is 13.0 Å². The van der Waals surface area contributed by atoms with Crippen molar-refractivity contribution < 1.29 is 9.59 Å². The predicted octanol–water partition coefficient (Wildman–Crippen LogP) is 1.17. The van der Waals surface area contributed by atoms with Crippen molar-refractivity contribution in [2.45, 2.75) is 13.0 Å². The van der Waals surface area contributed by atoms with Crippen molar-refractivity contribution in [1.82, 2.24) is 15.2 Å². The third-order valence-corrected chi connectivity index (χ3v) is 3.85. The van der Waals surface area contributed by atoms with Crippen LogP contribution < -0.4 is 5.32 Å². The van der Waals surface area contributed by atoms with Gasteiger partial charge in [-0.3, -0.25) is 14.5 Å². The molecule has 1 fully saturated rings. The molecular formula is C15H17N3O2. The Labute approximate surface area is 117 Å². The molecule has 0 spiro atoms. The normalized spacial score (nSPS) is 17.9. The second-order valence-electron chi connectivity index (χ2n) is 5.11. The van der Waals surface area contributed by atoms with Gasteiger partial charge in [0.05, 0.1) is 12.6 Å². The van der Waals surface area contributed by atoms with E-state index in [1.807, 2.05) is 36.1 Å². The van der Waals surface area contributed by atoms with Crippen LogP contribution in [0.3, 0.4) is 0 Å². The maximum atomic E-state index is 12.6. The van der Waals surface area contributed by atoms with Crippen LogP contribution in [-0.2, 0) is 4.79 Å². The van der Waals surface area contributed by atoms with Gasteiger partial charge < -0.3 is 10.3 Å². The molecule has 1 atom stereocenters. The van der Waals surface area contributed by atoms with E-state index in [1.165, 1.54) is 0 Å². The van der Waals surface area contributed by atoms with Crippen molar-refractivity contribution in [1.29, 1.82) is 0 Å². The molecule has 1 aliphatic rings. The number of rotatable bonds is 3. The van der Waals surface area contributed by atoms with Gasteiger partial charge in [-0.2, -0.15) is 0 Å². The molecule has 0 unspecified atom stereocenters. The van der Waals surface area contributed by atoms with Crippen molar-refractivity contribution >= 4 is 22.6 Å². The van der Waals surface area contributed by atoms with E-state index in [0.29, 0.717) is 18.7 Å². The number of hydrogen-bond donors (Lipinski definition) is 2. The van der Waals surface area contributed by atoms with Crippen LogP contribution in [0.5, 0.6) is 0 Å². The number of carbonyl (C=O) groups is 2. The van der Waals surface area contributed by atoms with E-state index in [2.05, 4.69) is 10.3 Å². The number of nitrogens with one attached hydrogen (secondary N) is 2. The molecular weight excluding hydrogens is 254 g/mol. The standard InChI is InChI=1S/C15H17N3O2/c1-10(18-7-6-16-14(19)9-18)15(20)12-8-17-13-5-3-2-4-11(12)13/h2-5,8,10,17H,6-7,9H2,1H3,(H,16,19)/t10-/m0/s1. The number of piperazine rings is 1. The number of nitrogens with zero attached hydrogens (tertiary/aromatic N) is 1. The minimum Gasteiger partial charge on any atom is -0.360 e. The lowest BCUT2D eigenvalue weighted by molar-refractivity contribution is -0.124. The molecule has 0 saturated carbocycles. The van der Waals surface area contributed by atoms with Crippen LogP contribution in [0.1, 0.15) is 17.3 Å². The Morgan fingerprint density at radius 1 is 1.35 bits per heavy atom. The molecule has 1 aromatic carbocycles. The van der Waals surface area contributed by atoms with E-state index in [9.17, 15) is 9.59 Å². The number of amides is 1. The van der Waals surface area contributed by atoms with Gasteiger partial charge in [0.25, 0.3) is 0 Å². The Morgan fingerprint density at radius 2 is 2.15 bits per heavy atom. The maximum absolute atomic E-state index is 12.6. The zero-order valence-corrected chi connectivity index (χ0v) is 11.3. The highest BCUT2D eigenvalue weighted by atomic mass is 16.2. The molecule has 3 rings (SSSR count). The van der Waals surface area contributed by atoms with Crippen molar-refractivity contribution in [2.75, 3.05) is 19.6 Å². The van der Waals surface area contributed by atoms with E-state index in [1.54, 1.807) is 6.20 Å². The fourth-order valence-corrected chi connectivity index (χ4v) is 2.66. The Morgan fingerprint density at radius 3 is 2.95 bits per heavy atom. The van der Waals surface area contributed by atoms with E-state index < -0.39 is 0 Å². The van der Waals surface area contributed by atoms with Crippen LogP contribution in [-0.4, -0.2) is 47.3 Å². The summed E-state index contributed by atoms with van der Waals surface area (Å²) in [5, 5.41) is 3.71. The number of fused-ring (bicyclic) bond motifs is 1. The van der Waals surface area contributed by atoms with E-state index in [4.69, 9.17) is 0 Å². The lowest BCUT2D eigenvalue weighted by atomic mass is 10.0. The molecule has 0 bridgehead atoms. The summed E-state index contributed by atoms with van der Waals surface area (Å²) in [5.41, 5.74) is 1.65. The van der Waals surface area contributed by atoms with E-state index >= 15 is 0 Å². The first-order valence-corrected chi connectivity index (χ1v) is 6.78. The predicted molar refractivity (Wildman–Crippen MR) is 76.7 cm³/mol.